The number of aromatic nitrogens is 2. The second-order valence-corrected chi connectivity index (χ2v) is 4.02. The van der Waals surface area contributed by atoms with Gasteiger partial charge in [-0.3, -0.25) is 15.1 Å². The summed E-state index contributed by atoms with van der Waals surface area (Å²) in [5.41, 5.74) is 0.0156. The number of nitrogens with one attached hydrogen (secondary N) is 1. The van der Waals surface area contributed by atoms with Crippen LogP contribution in [0.4, 0.5) is 11.5 Å². The highest BCUT2D eigenvalue weighted by Gasteiger charge is 2.06. The number of ether oxygens (including phenoxy) is 1. The first-order valence-corrected chi connectivity index (χ1v) is 6.17. The Hall–Kier alpha value is -2.70. The van der Waals surface area contributed by atoms with Gasteiger partial charge in [0.1, 0.15) is 11.6 Å². The van der Waals surface area contributed by atoms with Crippen molar-refractivity contribution in [1.82, 2.24) is 9.97 Å². The van der Waals surface area contributed by atoms with Gasteiger partial charge in [0.05, 0.1) is 17.3 Å². The van der Waals surface area contributed by atoms with Crippen LogP contribution in [0.25, 0.3) is 0 Å². The zero-order valence-corrected chi connectivity index (χ0v) is 10.9. The van der Waals surface area contributed by atoms with E-state index in [4.69, 9.17) is 4.74 Å². The van der Waals surface area contributed by atoms with Gasteiger partial charge >= 0.3 is 0 Å². The number of rotatable bonds is 6. The van der Waals surface area contributed by atoms with Crippen LogP contribution in [-0.2, 0) is 0 Å². The molecule has 2 rings (SSSR count). The summed E-state index contributed by atoms with van der Waals surface area (Å²) in [5.74, 6) is 1.43. The molecule has 0 spiro atoms. The van der Waals surface area contributed by atoms with Crippen LogP contribution in [0, 0.1) is 10.1 Å². The highest BCUT2D eigenvalue weighted by molar-refractivity contribution is 5.38. The average Bonchev–Trinajstić information content (AvgIpc) is 2.46. The number of nitro benzene ring substituents is 1. The molecule has 0 saturated carbocycles. The normalized spacial score (nSPS) is 10.1. The number of benzene rings is 1. The summed E-state index contributed by atoms with van der Waals surface area (Å²) in [6.07, 6.45) is 4.08. The van der Waals surface area contributed by atoms with Gasteiger partial charge in [-0.1, -0.05) is 6.92 Å². The molecule has 0 atom stereocenters. The fourth-order valence-corrected chi connectivity index (χ4v) is 1.49. The van der Waals surface area contributed by atoms with Crippen LogP contribution in [0.2, 0.25) is 0 Å². The van der Waals surface area contributed by atoms with Crippen molar-refractivity contribution in [2.45, 2.75) is 13.3 Å². The standard InChI is InChI=1S/C13H14N4O3/c1-2-7-15-12-8-14-9-13(16-12)20-11-5-3-10(4-6-11)17(18)19/h3-6,8-9H,2,7H2,1H3,(H,15,16). The number of nitro groups is 1. The second kappa shape index (κ2) is 6.46. The monoisotopic (exact) mass is 274 g/mol. The Labute approximate surface area is 115 Å². The summed E-state index contributed by atoms with van der Waals surface area (Å²) in [4.78, 5) is 18.3. The van der Waals surface area contributed by atoms with Crippen LogP contribution in [-0.4, -0.2) is 21.4 Å². The zero-order valence-electron chi connectivity index (χ0n) is 10.9. The fraction of sp³-hybridized carbons (Fsp3) is 0.231. The van der Waals surface area contributed by atoms with Crippen molar-refractivity contribution in [2.75, 3.05) is 11.9 Å². The third-order valence-corrected chi connectivity index (χ3v) is 2.44. The quantitative estimate of drug-likeness (QED) is 0.643. The molecule has 0 saturated heterocycles. The lowest BCUT2D eigenvalue weighted by atomic mass is 10.3. The van der Waals surface area contributed by atoms with Crippen LogP contribution < -0.4 is 10.1 Å². The molecule has 1 heterocycles. The minimum Gasteiger partial charge on any atom is -0.437 e. The van der Waals surface area contributed by atoms with Crippen molar-refractivity contribution in [3.05, 3.63) is 46.8 Å². The topological polar surface area (TPSA) is 90.2 Å². The highest BCUT2D eigenvalue weighted by Crippen LogP contribution is 2.22. The predicted molar refractivity (Wildman–Crippen MR) is 74.0 cm³/mol. The molecular formula is C13H14N4O3. The molecule has 0 bridgehead atoms. The van der Waals surface area contributed by atoms with Crippen molar-refractivity contribution in [1.29, 1.82) is 0 Å². The smallest absolute Gasteiger partial charge is 0.269 e. The van der Waals surface area contributed by atoms with Crippen molar-refractivity contribution in [3.63, 3.8) is 0 Å². The van der Waals surface area contributed by atoms with Gasteiger partial charge in [-0.2, -0.15) is 4.98 Å². The van der Waals surface area contributed by atoms with Gasteiger partial charge in [0, 0.05) is 18.7 Å². The molecule has 7 heteroatoms. The Morgan fingerprint density at radius 1 is 1.30 bits per heavy atom. The lowest BCUT2D eigenvalue weighted by Gasteiger charge is -2.07. The van der Waals surface area contributed by atoms with Gasteiger partial charge < -0.3 is 10.1 Å². The average molecular weight is 274 g/mol. The van der Waals surface area contributed by atoms with Crippen LogP contribution in [0.5, 0.6) is 11.6 Å². The van der Waals surface area contributed by atoms with Gasteiger partial charge in [0.15, 0.2) is 0 Å². The highest BCUT2D eigenvalue weighted by atomic mass is 16.6. The zero-order chi connectivity index (χ0) is 14.4. The Morgan fingerprint density at radius 3 is 2.70 bits per heavy atom. The van der Waals surface area contributed by atoms with Gasteiger partial charge in [-0.05, 0) is 18.6 Å². The summed E-state index contributed by atoms with van der Waals surface area (Å²) in [6, 6.07) is 5.79. The number of non-ortho nitro benzene ring substituents is 1. The predicted octanol–water partition coefficient (Wildman–Crippen LogP) is 3.00. The van der Waals surface area contributed by atoms with E-state index in [1.54, 1.807) is 6.20 Å². The first kappa shape index (κ1) is 13.7. The summed E-state index contributed by atoms with van der Waals surface area (Å²) in [7, 11) is 0. The number of hydrogen-bond acceptors (Lipinski definition) is 6. The number of anilines is 1. The Kier molecular flexibility index (Phi) is 4.43. The minimum absolute atomic E-state index is 0.0156. The second-order valence-electron chi connectivity index (χ2n) is 4.02. The molecule has 0 aliphatic rings. The molecular weight excluding hydrogens is 260 g/mol. The van der Waals surface area contributed by atoms with Crippen LogP contribution >= 0.6 is 0 Å². The van der Waals surface area contributed by atoms with Crippen molar-refractivity contribution < 1.29 is 9.66 Å². The number of nitrogens with zero attached hydrogens (tertiary/aromatic N) is 3. The van der Waals surface area contributed by atoms with Gasteiger partial charge in [-0.25, -0.2) is 0 Å². The van der Waals surface area contributed by atoms with E-state index >= 15 is 0 Å². The molecule has 104 valence electrons. The summed E-state index contributed by atoms with van der Waals surface area (Å²) < 4.78 is 5.50. The summed E-state index contributed by atoms with van der Waals surface area (Å²) >= 11 is 0. The van der Waals surface area contributed by atoms with Gasteiger partial charge in [-0.15, -0.1) is 0 Å². The maximum absolute atomic E-state index is 10.5. The molecule has 0 amide bonds. The third kappa shape index (κ3) is 3.64. The summed E-state index contributed by atoms with van der Waals surface area (Å²) in [6.45, 7) is 2.85. The molecule has 0 unspecified atom stereocenters. The number of hydrogen-bond donors (Lipinski definition) is 1. The molecule has 7 nitrogen and oxygen atoms in total. The molecule has 0 aliphatic heterocycles. The van der Waals surface area contributed by atoms with Crippen LogP contribution in [0.15, 0.2) is 36.7 Å². The lowest BCUT2D eigenvalue weighted by molar-refractivity contribution is -0.384. The van der Waals surface area contributed by atoms with E-state index in [-0.39, 0.29) is 5.69 Å². The van der Waals surface area contributed by atoms with Crippen LogP contribution in [0.1, 0.15) is 13.3 Å². The van der Waals surface area contributed by atoms with E-state index in [0.717, 1.165) is 13.0 Å². The van der Waals surface area contributed by atoms with E-state index in [1.165, 1.54) is 30.5 Å². The lowest BCUT2D eigenvalue weighted by Crippen LogP contribution is -2.02. The molecule has 0 fully saturated rings. The largest absolute Gasteiger partial charge is 0.437 e. The van der Waals surface area contributed by atoms with Gasteiger partial charge in [0.25, 0.3) is 5.69 Å². The minimum atomic E-state index is -0.459. The maximum Gasteiger partial charge on any atom is 0.269 e. The van der Waals surface area contributed by atoms with Crippen molar-refractivity contribution >= 4 is 11.5 Å². The van der Waals surface area contributed by atoms with Crippen molar-refractivity contribution in [3.8, 4) is 11.6 Å². The Balaban J connectivity index is 2.07. The van der Waals surface area contributed by atoms with E-state index in [1.807, 2.05) is 0 Å². The molecule has 1 aromatic carbocycles. The SMILES string of the molecule is CCCNc1cncc(Oc2ccc([N+](=O)[O-])cc2)n1. The molecule has 1 N–H and O–H groups in total. The Bertz CT molecular complexity index is 586. The molecule has 1 aromatic heterocycles. The molecule has 0 radical (unpaired) electrons. The molecule has 0 aliphatic carbocycles. The van der Waals surface area contributed by atoms with Crippen molar-refractivity contribution in [2.24, 2.45) is 0 Å². The van der Waals surface area contributed by atoms with Crippen LogP contribution in [0.3, 0.4) is 0 Å². The first-order chi connectivity index (χ1) is 9.69. The van der Waals surface area contributed by atoms with Gasteiger partial charge in [0.2, 0.25) is 5.88 Å². The summed E-state index contributed by atoms with van der Waals surface area (Å²) in [5, 5.41) is 13.7. The Morgan fingerprint density at radius 2 is 2.05 bits per heavy atom. The molecule has 20 heavy (non-hydrogen) atoms. The first-order valence-electron chi connectivity index (χ1n) is 6.17. The fourth-order valence-electron chi connectivity index (χ4n) is 1.49. The van der Waals surface area contributed by atoms with E-state index in [9.17, 15) is 10.1 Å². The third-order valence-electron chi connectivity index (χ3n) is 2.44. The van der Waals surface area contributed by atoms with E-state index < -0.39 is 4.92 Å². The van der Waals surface area contributed by atoms with E-state index in [2.05, 4.69) is 22.2 Å². The van der Waals surface area contributed by atoms with E-state index in [0.29, 0.717) is 17.4 Å². The molecule has 2 aromatic rings. The maximum atomic E-state index is 10.5.